The number of ether oxygens (including phenoxy) is 1. The monoisotopic (exact) mass is 373 g/mol. The van der Waals surface area contributed by atoms with Gasteiger partial charge in [0, 0.05) is 15.8 Å². The van der Waals surface area contributed by atoms with Crippen molar-refractivity contribution in [3.8, 4) is 11.3 Å². The summed E-state index contributed by atoms with van der Waals surface area (Å²) in [5.74, 6) is -0.362. The Morgan fingerprint density at radius 2 is 1.74 bits per heavy atom. The number of rotatable bonds is 3. The minimum absolute atomic E-state index is 0.362. The lowest BCUT2D eigenvalue weighted by molar-refractivity contribution is 0.0600. The lowest BCUT2D eigenvalue weighted by Crippen LogP contribution is -2.09. The summed E-state index contributed by atoms with van der Waals surface area (Å²) in [7, 11) is 1.41. The Labute approximate surface area is 162 Å². The molecular weight excluding hydrogens is 354 g/mol. The lowest BCUT2D eigenvalue weighted by Gasteiger charge is -2.15. The number of benzene rings is 3. The van der Waals surface area contributed by atoms with Gasteiger partial charge in [0.1, 0.15) is 0 Å². The molecule has 4 aromatic rings. The van der Waals surface area contributed by atoms with Crippen molar-refractivity contribution in [1.82, 2.24) is 4.98 Å². The number of aryl methyl sites for hydroxylation is 1. The van der Waals surface area contributed by atoms with Crippen molar-refractivity contribution in [3.63, 3.8) is 0 Å². The average Bonchev–Trinajstić information content (AvgIpc) is 2.72. The van der Waals surface area contributed by atoms with E-state index in [0.29, 0.717) is 11.3 Å². The summed E-state index contributed by atoms with van der Waals surface area (Å²) in [6.45, 7) is 1.97. The Bertz CT molecular complexity index is 1170. The molecule has 0 saturated carbocycles. The Kier molecular flexibility index (Phi) is 4.58. The largest absolute Gasteiger partial charge is 0.465 e. The summed E-state index contributed by atoms with van der Waals surface area (Å²) >= 11 is 1.68. The van der Waals surface area contributed by atoms with E-state index in [9.17, 15) is 4.79 Å². The van der Waals surface area contributed by atoms with E-state index in [1.807, 2.05) is 55.6 Å². The molecule has 27 heavy (non-hydrogen) atoms. The zero-order chi connectivity index (χ0) is 19.0. The Morgan fingerprint density at radius 3 is 2.44 bits per heavy atom. The number of thioether (sulfide) groups is 1. The fourth-order valence-corrected chi connectivity index (χ4v) is 3.94. The maximum Gasteiger partial charge on any atom is 0.340 e. The molecule has 0 fully saturated rings. The van der Waals surface area contributed by atoms with Crippen LogP contribution in [0.25, 0.3) is 32.9 Å². The SMILES string of the molecule is COC(=O)c1c(-c2ccc(SC)cc2)nc2ccc3ccccc3c2c1C. The van der Waals surface area contributed by atoms with Crippen LogP contribution < -0.4 is 0 Å². The minimum atomic E-state index is -0.362. The quantitative estimate of drug-likeness (QED) is 0.256. The van der Waals surface area contributed by atoms with Gasteiger partial charge in [-0.25, -0.2) is 9.78 Å². The van der Waals surface area contributed by atoms with Crippen LogP contribution in [-0.4, -0.2) is 24.3 Å². The molecule has 0 aliphatic carbocycles. The predicted molar refractivity (Wildman–Crippen MR) is 113 cm³/mol. The van der Waals surface area contributed by atoms with Gasteiger partial charge >= 0.3 is 5.97 Å². The fraction of sp³-hybridized carbons (Fsp3) is 0.130. The van der Waals surface area contributed by atoms with Gasteiger partial charge in [0.15, 0.2) is 0 Å². The number of carbonyl (C=O) groups excluding carboxylic acids is 1. The molecule has 0 aliphatic rings. The number of hydrogen-bond acceptors (Lipinski definition) is 4. The van der Waals surface area contributed by atoms with E-state index in [0.717, 1.165) is 32.8 Å². The molecule has 1 heterocycles. The van der Waals surface area contributed by atoms with Gasteiger partial charge in [-0.1, -0.05) is 42.5 Å². The van der Waals surface area contributed by atoms with Gasteiger partial charge in [-0.2, -0.15) is 0 Å². The van der Waals surface area contributed by atoms with Crippen LogP contribution >= 0.6 is 11.8 Å². The highest BCUT2D eigenvalue weighted by Gasteiger charge is 2.21. The summed E-state index contributed by atoms with van der Waals surface area (Å²) in [5, 5.41) is 3.22. The highest BCUT2D eigenvalue weighted by atomic mass is 32.2. The number of hydrogen-bond donors (Lipinski definition) is 0. The summed E-state index contributed by atoms with van der Waals surface area (Å²) in [5.41, 5.74) is 3.87. The Balaban J connectivity index is 2.08. The highest BCUT2D eigenvalue weighted by molar-refractivity contribution is 7.98. The van der Waals surface area contributed by atoms with Gasteiger partial charge in [0.05, 0.1) is 23.9 Å². The van der Waals surface area contributed by atoms with Crippen LogP contribution in [0.5, 0.6) is 0 Å². The van der Waals surface area contributed by atoms with Crippen molar-refractivity contribution in [2.24, 2.45) is 0 Å². The first kappa shape index (κ1) is 17.6. The predicted octanol–water partition coefficient (Wildman–Crippen LogP) is 5.87. The van der Waals surface area contributed by atoms with Crippen molar-refractivity contribution >= 4 is 39.4 Å². The van der Waals surface area contributed by atoms with E-state index in [1.165, 1.54) is 12.0 Å². The summed E-state index contributed by atoms with van der Waals surface area (Å²) < 4.78 is 5.10. The molecule has 0 saturated heterocycles. The third kappa shape index (κ3) is 2.96. The summed E-state index contributed by atoms with van der Waals surface area (Å²) in [6.07, 6.45) is 2.04. The molecular formula is C23H19NO2S. The molecule has 0 amide bonds. The first-order chi connectivity index (χ1) is 13.1. The number of fused-ring (bicyclic) bond motifs is 3. The highest BCUT2D eigenvalue weighted by Crippen LogP contribution is 2.34. The van der Waals surface area contributed by atoms with Crippen molar-refractivity contribution in [2.75, 3.05) is 13.4 Å². The van der Waals surface area contributed by atoms with Gasteiger partial charge in [-0.05, 0) is 47.7 Å². The number of aromatic nitrogens is 1. The number of pyridine rings is 1. The molecule has 0 unspecified atom stereocenters. The van der Waals surface area contributed by atoms with E-state index in [-0.39, 0.29) is 5.97 Å². The van der Waals surface area contributed by atoms with E-state index in [4.69, 9.17) is 9.72 Å². The van der Waals surface area contributed by atoms with Crippen LogP contribution in [0.1, 0.15) is 15.9 Å². The van der Waals surface area contributed by atoms with E-state index in [1.54, 1.807) is 11.8 Å². The second kappa shape index (κ2) is 7.05. The van der Waals surface area contributed by atoms with Crippen LogP contribution in [0.4, 0.5) is 0 Å². The first-order valence-electron chi connectivity index (χ1n) is 8.69. The van der Waals surface area contributed by atoms with E-state index < -0.39 is 0 Å². The molecule has 4 heteroatoms. The second-order valence-electron chi connectivity index (χ2n) is 6.36. The maximum absolute atomic E-state index is 12.7. The van der Waals surface area contributed by atoms with Crippen LogP contribution in [0.2, 0.25) is 0 Å². The molecule has 0 radical (unpaired) electrons. The lowest BCUT2D eigenvalue weighted by atomic mass is 9.94. The molecule has 134 valence electrons. The average molecular weight is 373 g/mol. The molecule has 0 bridgehead atoms. The number of methoxy groups -OCH3 is 1. The molecule has 1 aromatic heterocycles. The summed E-state index contributed by atoms with van der Waals surface area (Å²) in [4.78, 5) is 18.7. The molecule has 3 aromatic carbocycles. The van der Waals surface area contributed by atoms with Crippen LogP contribution in [0.15, 0.2) is 65.6 Å². The van der Waals surface area contributed by atoms with E-state index >= 15 is 0 Å². The molecule has 0 N–H and O–H groups in total. The topological polar surface area (TPSA) is 39.2 Å². The minimum Gasteiger partial charge on any atom is -0.465 e. The third-order valence-corrected chi connectivity index (χ3v) is 5.62. The van der Waals surface area contributed by atoms with Gasteiger partial charge in [-0.3, -0.25) is 0 Å². The molecule has 4 rings (SSSR count). The zero-order valence-corrected chi connectivity index (χ0v) is 16.3. The second-order valence-corrected chi connectivity index (χ2v) is 7.24. The number of nitrogens with zero attached hydrogens (tertiary/aromatic N) is 1. The first-order valence-corrected chi connectivity index (χ1v) is 9.91. The van der Waals surface area contributed by atoms with Crippen LogP contribution in [0.3, 0.4) is 0 Å². The molecule has 0 atom stereocenters. The van der Waals surface area contributed by atoms with Crippen LogP contribution in [-0.2, 0) is 4.74 Å². The maximum atomic E-state index is 12.7. The van der Waals surface area contributed by atoms with Crippen molar-refractivity contribution in [1.29, 1.82) is 0 Å². The van der Waals surface area contributed by atoms with Gasteiger partial charge in [0.2, 0.25) is 0 Å². The molecule has 0 spiro atoms. The van der Waals surface area contributed by atoms with Crippen molar-refractivity contribution < 1.29 is 9.53 Å². The van der Waals surface area contributed by atoms with Crippen molar-refractivity contribution in [3.05, 3.63) is 71.8 Å². The Morgan fingerprint density at radius 1 is 1.00 bits per heavy atom. The number of carbonyl (C=O) groups is 1. The zero-order valence-electron chi connectivity index (χ0n) is 15.4. The standard InChI is InChI=1S/C23H19NO2S/c1-14-20-18-7-5-4-6-15(18)10-13-19(20)24-22(21(14)23(25)26-2)16-8-11-17(27-3)12-9-16/h4-13H,1-3H3. The Hall–Kier alpha value is -2.85. The fourth-order valence-electron chi connectivity index (χ4n) is 3.54. The third-order valence-electron chi connectivity index (χ3n) is 4.88. The van der Waals surface area contributed by atoms with Crippen molar-refractivity contribution in [2.45, 2.75) is 11.8 Å². The summed E-state index contributed by atoms with van der Waals surface area (Å²) in [6, 6.07) is 20.4. The van der Waals surface area contributed by atoms with Gasteiger partial charge < -0.3 is 4.74 Å². The van der Waals surface area contributed by atoms with E-state index in [2.05, 4.69) is 18.2 Å². The van der Waals surface area contributed by atoms with Crippen LogP contribution in [0, 0.1) is 6.92 Å². The normalized spacial score (nSPS) is 11.1. The molecule has 3 nitrogen and oxygen atoms in total. The number of esters is 1. The van der Waals surface area contributed by atoms with Gasteiger partial charge in [-0.15, -0.1) is 11.8 Å². The molecule has 0 aliphatic heterocycles. The van der Waals surface area contributed by atoms with Gasteiger partial charge in [0.25, 0.3) is 0 Å². The smallest absolute Gasteiger partial charge is 0.340 e.